The first-order valence-corrected chi connectivity index (χ1v) is 9.92. The highest BCUT2D eigenvalue weighted by Gasteiger charge is 2.19. The predicted octanol–water partition coefficient (Wildman–Crippen LogP) is 4.70. The Morgan fingerprint density at radius 3 is 2.96 bits per heavy atom. The molecule has 1 heterocycles. The molecule has 0 aromatic heterocycles. The SMILES string of the molecule is COc1ccc(CNC2CCSc3ccccc32)cc1OCCCC#N. The van der Waals surface area contributed by atoms with E-state index in [1.165, 1.54) is 10.5 Å². The zero-order valence-corrected chi connectivity index (χ0v) is 15.8. The van der Waals surface area contributed by atoms with Crippen molar-refractivity contribution in [3.8, 4) is 17.6 Å². The molecule has 0 fully saturated rings. The summed E-state index contributed by atoms with van der Waals surface area (Å²) >= 11 is 1.94. The van der Waals surface area contributed by atoms with Crippen molar-refractivity contribution in [2.45, 2.75) is 36.7 Å². The first-order valence-electron chi connectivity index (χ1n) is 8.93. The maximum Gasteiger partial charge on any atom is 0.161 e. The largest absolute Gasteiger partial charge is 0.493 e. The van der Waals surface area contributed by atoms with Crippen LogP contribution in [0.1, 0.15) is 36.4 Å². The van der Waals surface area contributed by atoms with E-state index in [2.05, 4.69) is 41.7 Å². The van der Waals surface area contributed by atoms with Crippen molar-refractivity contribution in [3.63, 3.8) is 0 Å². The van der Waals surface area contributed by atoms with Crippen LogP contribution in [0.5, 0.6) is 11.5 Å². The van der Waals surface area contributed by atoms with Gasteiger partial charge in [0.05, 0.1) is 19.8 Å². The average Bonchev–Trinajstić information content (AvgIpc) is 2.69. The van der Waals surface area contributed by atoms with Gasteiger partial charge in [0.25, 0.3) is 0 Å². The van der Waals surface area contributed by atoms with Gasteiger partial charge in [-0.25, -0.2) is 0 Å². The molecule has 26 heavy (non-hydrogen) atoms. The van der Waals surface area contributed by atoms with Crippen LogP contribution in [0.3, 0.4) is 0 Å². The minimum absolute atomic E-state index is 0.384. The summed E-state index contributed by atoms with van der Waals surface area (Å²) in [4.78, 5) is 1.38. The lowest BCUT2D eigenvalue weighted by Crippen LogP contribution is -2.24. The molecule has 0 aliphatic carbocycles. The van der Waals surface area contributed by atoms with Crippen LogP contribution in [0.15, 0.2) is 47.4 Å². The molecule has 0 saturated heterocycles. The Labute approximate surface area is 159 Å². The van der Waals surface area contributed by atoms with E-state index < -0.39 is 0 Å². The van der Waals surface area contributed by atoms with E-state index in [1.54, 1.807) is 7.11 Å². The summed E-state index contributed by atoms with van der Waals surface area (Å²) in [6, 6.07) is 17.2. The van der Waals surface area contributed by atoms with Crippen molar-refractivity contribution in [3.05, 3.63) is 53.6 Å². The van der Waals surface area contributed by atoms with E-state index in [4.69, 9.17) is 14.7 Å². The van der Waals surface area contributed by atoms with E-state index in [1.807, 2.05) is 23.9 Å². The number of nitrogens with one attached hydrogen (secondary N) is 1. The first-order chi connectivity index (χ1) is 12.8. The van der Waals surface area contributed by atoms with Gasteiger partial charge >= 0.3 is 0 Å². The van der Waals surface area contributed by atoms with Crippen molar-refractivity contribution < 1.29 is 9.47 Å². The number of benzene rings is 2. The van der Waals surface area contributed by atoms with E-state index in [-0.39, 0.29) is 0 Å². The van der Waals surface area contributed by atoms with E-state index in [0.717, 1.165) is 42.2 Å². The van der Waals surface area contributed by atoms with Gasteiger partial charge in [0.2, 0.25) is 0 Å². The molecule has 0 radical (unpaired) electrons. The molecule has 1 N–H and O–H groups in total. The van der Waals surface area contributed by atoms with Crippen molar-refractivity contribution in [2.75, 3.05) is 19.5 Å². The van der Waals surface area contributed by atoms with E-state index >= 15 is 0 Å². The highest BCUT2D eigenvalue weighted by Crippen LogP contribution is 2.36. The molecule has 2 aromatic carbocycles. The molecule has 3 rings (SSSR count). The van der Waals surface area contributed by atoms with Gasteiger partial charge in [0, 0.05) is 23.9 Å². The Balaban J connectivity index is 1.64. The second-order valence-electron chi connectivity index (χ2n) is 6.20. The maximum absolute atomic E-state index is 8.63. The highest BCUT2D eigenvalue weighted by molar-refractivity contribution is 7.99. The Hall–Kier alpha value is -2.16. The smallest absolute Gasteiger partial charge is 0.161 e. The number of fused-ring (bicyclic) bond motifs is 1. The normalized spacial score (nSPS) is 15.8. The van der Waals surface area contributed by atoms with Gasteiger partial charge in [0.15, 0.2) is 11.5 Å². The zero-order valence-electron chi connectivity index (χ0n) is 15.0. The molecule has 1 unspecified atom stereocenters. The van der Waals surface area contributed by atoms with Crippen molar-refractivity contribution in [1.29, 1.82) is 5.26 Å². The van der Waals surface area contributed by atoms with Gasteiger partial charge in [-0.15, -0.1) is 11.8 Å². The van der Waals surface area contributed by atoms with Crippen molar-refractivity contribution in [1.82, 2.24) is 5.32 Å². The molecule has 0 amide bonds. The summed E-state index contributed by atoms with van der Waals surface area (Å²) in [6.45, 7) is 1.30. The molecule has 5 heteroatoms. The Morgan fingerprint density at radius 1 is 1.23 bits per heavy atom. The van der Waals surface area contributed by atoms with Gasteiger partial charge in [0.1, 0.15) is 0 Å². The number of hydrogen-bond donors (Lipinski definition) is 1. The number of unbranched alkanes of at least 4 members (excludes halogenated alkanes) is 1. The summed E-state index contributed by atoms with van der Waals surface area (Å²) in [5, 5.41) is 12.3. The zero-order chi connectivity index (χ0) is 18.2. The number of nitrogens with zero attached hydrogens (tertiary/aromatic N) is 1. The number of hydrogen-bond acceptors (Lipinski definition) is 5. The van der Waals surface area contributed by atoms with Crippen LogP contribution in [0.2, 0.25) is 0 Å². The molecular formula is C21H24N2O2S. The number of rotatable bonds is 8. The molecule has 1 aliphatic heterocycles. The maximum atomic E-state index is 8.63. The summed E-state index contributed by atoms with van der Waals surface area (Å²) in [6.07, 6.45) is 2.36. The van der Waals surface area contributed by atoms with Gasteiger partial charge in [-0.2, -0.15) is 5.26 Å². The quantitative estimate of drug-likeness (QED) is 0.684. The van der Waals surface area contributed by atoms with Gasteiger partial charge < -0.3 is 14.8 Å². The highest BCUT2D eigenvalue weighted by atomic mass is 32.2. The van der Waals surface area contributed by atoms with Crippen molar-refractivity contribution in [2.24, 2.45) is 0 Å². The van der Waals surface area contributed by atoms with Crippen molar-refractivity contribution >= 4 is 11.8 Å². The van der Waals surface area contributed by atoms with Crippen LogP contribution in [-0.2, 0) is 6.54 Å². The second kappa shape index (κ2) is 9.51. The van der Waals surface area contributed by atoms with E-state index in [0.29, 0.717) is 19.1 Å². The fraction of sp³-hybridized carbons (Fsp3) is 0.381. The molecule has 0 bridgehead atoms. The van der Waals surface area contributed by atoms with Crippen LogP contribution >= 0.6 is 11.8 Å². The topological polar surface area (TPSA) is 54.3 Å². The summed E-state index contributed by atoms with van der Waals surface area (Å²) in [5.41, 5.74) is 2.56. The number of nitriles is 1. The molecule has 4 nitrogen and oxygen atoms in total. The van der Waals surface area contributed by atoms with Crippen LogP contribution in [-0.4, -0.2) is 19.5 Å². The fourth-order valence-corrected chi connectivity index (χ4v) is 4.20. The number of thioether (sulfide) groups is 1. The second-order valence-corrected chi connectivity index (χ2v) is 7.34. The lowest BCUT2D eigenvalue weighted by Gasteiger charge is -2.26. The van der Waals surface area contributed by atoms with Gasteiger partial charge in [-0.3, -0.25) is 0 Å². The first kappa shape index (κ1) is 18.6. The Morgan fingerprint density at radius 2 is 2.12 bits per heavy atom. The molecular weight excluding hydrogens is 344 g/mol. The lowest BCUT2D eigenvalue weighted by atomic mass is 10.0. The minimum Gasteiger partial charge on any atom is -0.493 e. The minimum atomic E-state index is 0.384. The Bertz CT molecular complexity index is 773. The Kier molecular flexibility index (Phi) is 6.82. The third-order valence-electron chi connectivity index (χ3n) is 4.43. The molecule has 1 aliphatic rings. The fourth-order valence-electron chi connectivity index (χ4n) is 3.07. The van der Waals surface area contributed by atoms with Crippen LogP contribution in [0.4, 0.5) is 0 Å². The number of methoxy groups -OCH3 is 1. The van der Waals surface area contributed by atoms with Gasteiger partial charge in [-0.05, 0) is 47.9 Å². The van der Waals surface area contributed by atoms with Crippen LogP contribution in [0.25, 0.3) is 0 Å². The molecule has 2 aromatic rings. The molecule has 0 spiro atoms. The van der Waals surface area contributed by atoms with Gasteiger partial charge in [-0.1, -0.05) is 24.3 Å². The van der Waals surface area contributed by atoms with E-state index in [9.17, 15) is 0 Å². The lowest BCUT2D eigenvalue weighted by molar-refractivity contribution is 0.290. The molecule has 0 saturated carbocycles. The monoisotopic (exact) mass is 368 g/mol. The standard InChI is InChI=1S/C21H24N2O2S/c1-24-19-9-8-16(14-20(19)25-12-5-4-11-22)15-23-18-10-13-26-21-7-3-2-6-17(18)21/h2-3,6-9,14,18,23H,4-5,10,12-13,15H2,1H3. The molecule has 136 valence electrons. The third kappa shape index (κ3) is 4.72. The predicted molar refractivity (Wildman–Crippen MR) is 105 cm³/mol. The summed E-state index contributed by atoms with van der Waals surface area (Å²) in [5.74, 6) is 2.61. The molecule has 1 atom stereocenters. The summed E-state index contributed by atoms with van der Waals surface area (Å²) in [7, 11) is 1.64. The summed E-state index contributed by atoms with van der Waals surface area (Å²) < 4.78 is 11.2. The number of ether oxygens (including phenoxy) is 2. The van der Waals surface area contributed by atoms with Crippen LogP contribution < -0.4 is 14.8 Å². The average molecular weight is 369 g/mol. The van der Waals surface area contributed by atoms with Crippen LogP contribution in [0, 0.1) is 11.3 Å². The third-order valence-corrected chi connectivity index (χ3v) is 5.55.